The first-order chi connectivity index (χ1) is 14.7. The molecule has 1 N–H and O–H groups in total. The molecule has 3 aromatic rings. The fourth-order valence-electron chi connectivity index (χ4n) is 4.24. The van der Waals surface area contributed by atoms with Crippen LogP contribution < -0.4 is 14.4 Å². The van der Waals surface area contributed by atoms with E-state index in [1.54, 1.807) is 0 Å². The van der Waals surface area contributed by atoms with E-state index in [1.807, 2.05) is 39.6 Å². The van der Waals surface area contributed by atoms with E-state index in [4.69, 9.17) is 26.8 Å². The Balaban J connectivity index is 1.41. The van der Waals surface area contributed by atoms with Crippen LogP contribution in [0, 0.1) is 4.77 Å². The van der Waals surface area contributed by atoms with E-state index < -0.39 is 0 Å². The van der Waals surface area contributed by atoms with Gasteiger partial charge < -0.3 is 14.4 Å². The van der Waals surface area contributed by atoms with Gasteiger partial charge in [-0.3, -0.25) is 4.57 Å². The van der Waals surface area contributed by atoms with Crippen molar-refractivity contribution in [3.8, 4) is 11.5 Å². The van der Waals surface area contributed by atoms with E-state index in [-0.39, 0.29) is 6.10 Å². The molecule has 0 bridgehead atoms. The minimum atomic E-state index is -0.306. The zero-order chi connectivity index (χ0) is 20.5. The lowest BCUT2D eigenvalue weighted by molar-refractivity contribution is -0.939. The van der Waals surface area contributed by atoms with Crippen LogP contribution in [-0.2, 0) is 26.2 Å². The van der Waals surface area contributed by atoms with Crippen molar-refractivity contribution in [2.24, 2.45) is 0 Å². The molecule has 1 aromatic heterocycles. The standard InChI is InChI=1S/C23H24N4O2S/c1-2-12-26-22(21-15-28-19-9-5-6-10-20(19)29-21)24-27(23(26)30)16-25-13-11-17-7-3-4-8-18(17)14-25/h2-10,21H,1,11-16H2/p+1/t21-/m0/s1. The molecule has 0 saturated carbocycles. The summed E-state index contributed by atoms with van der Waals surface area (Å²) in [6.45, 7) is 7.67. The molecule has 30 heavy (non-hydrogen) atoms. The Hall–Kier alpha value is -2.90. The van der Waals surface area contributed by atoms with Gasteiger partial charge in [0, 0.05) is 18.5 Å². The Labute approximate surface area is 181 Å². The molecule has 2 aliphatic heterocycles. The van der Waals surface area contributed by atoms with Gasteiger partial charge in [0.1, 0.15) is 13.2 Å². The summed E-state index contributed by atoms with van der Waals surface area (Å²) in [5.74, 6) is 2.28. The van der Waals surface area contributed by atoms with Crippen LogP contribution >= 0.6 is 12.2 Å². The Kier molecular flexibility index (Phi) is 5.14. The maximum absolute atomic E-state index is 6.20. The topological polar surface area (TPSA) is 45.6 Å². The van der Waals surface area contributed by atoms with Crippen LogP contribution in [0.4, 0.5) is 0 Å². The van der Waals surface area contributed by atoms with Crippen molar-refractivity contribution in [1.29, 1.82) is 0 Å². The van der Waals surface area contributed by atoms with E-state index in [2.05, 4.69) is 30.8 Å². The summed E-state index contributed by atoms with van der Waals surface area (Å²) >= 11 is 5.78. The molecule has 0 aliphatic carbocycles. The molecule has 0 fully saturated rings. The third-order valence-electron chi connectivity index (χ3n) is 5.74. The number of hydrogen-bond donors (Lipinski definition) is 1. The van der Waals surface area contributed by atoms with E-state index in [0.717, 1.165) is 43.5 Å². The molecular formula is C23H25N4O2S+. The molecule has 0 radical (unpaired) electrons. The first-order valence-corrected chi connectivity index (χ1v) is 10.7. The quantitative estimate of drug-likeness (QED) is 0.508. The van der Waals surface area contributed by atoms with Gasteiger partial charge in [0.05, 0.1) is 6.54 Å². The van der Waals surface area contributed by atoms with Gasteiger partial charge in [-0.2, -0.15) is 4.68 Å². The molecule has 2 aliphatic rings. The number of hydrogen-bond acceptors (Lipinski definition) is 4. The molecule has 3 heterocycles. The number of nitrogens with one attached hydrogen (secondary N) is 1. The molecule has 6 nitrogen and oxygen atoms in total. The van der Waals surface area contributed by atoms with Crippen LogP contribution in [0.1, 0.15) is 23.1 Å². The summed E-state index contributed by atoms with van der Waals surface area (Å²) in [6, 6.07) is 16.4. The first kappa shape index (κ1) is 19.1. The number of quaternary nitrogens is 1. The lowest BCUT2D eigenvalue weighted by Gasteiger charge is -2.26. The first-order valence-electron chi connectivity index (χ1n) is 10.3. The second kappa shape index (κ2) is 8.08. The second-order valence-corrected chi connectivity index (χ2v) is 8.12. The average molecular weight is 422 g/mol. The SMILES string of the molecule is C=CCn1c([C@@H]2COc3ccccc3O2)nn(C[NH+]2CCc3ccccc3C2)c1=S. The number of aromatic nitrogens is 3. The third kappa shape index (κ3) is 3.55. The van der Waals surface area contributed by atoms with Crippen molar-refractivity contribution in [1.82, 2.24) is 14.3 Å². The van der Waals surface area contributed by atoms with Crippen LogP contribution in [0.2, 0.25) is 0 Å². The van der Waals surface area contributed by atoms with E-state index in [0.29, 0.717) is 17.9 Å². The van der Waals surface area contributed by atoms with Gasteiger partial charge in [-0.25, -0.2) is 0 Å². The largest absolute Gasteiger partial charge is 0.485 e. The normalized spacial score (nSPS) is 19.9. The van der Waals surface area contributed by atoms with Gasteiger partial charge in [0.25, 0.3) is 0 Å². The number of benzene rings is 2. The Bertz CT molecular complexity index is 1140. The van der Waals surface area contributed by atoms with Gasteiger partial charge in [-0.1, -0.05) is 42.5 Å². The van der Waals surface area contributed by atoms with Crippen molar-refractivity contribution in [2.45, 2.75) is 32.3 Å². The van der Waals surface area contributed by atoms with Crippen LogP contribution in [0.3, 0.4) is 0 Å². The monoisotopic (exact) mass is 421 g/mol. The fraction of sp³-hybridized carbons (Fsp3) is 0.304. The van der Waals surface area contributed by atoms with Gasteiger partial charge >= 0.3 is 0 Å². The molecule has 2 atom stereocenters. The molecule has 2 aromatic carbocycles. The lowest BCUT2D eigenvalue weighted by atomic mass is 10.0. The summed E-state index contributed by atoms with van der Waals surface area (Å²) in [5, 5.41) is 4.88. The van der Waals surface area contributed by atoms with Crippen molar-refractivity contribution >= 4 is 12.2 Å². The van der Waals surface area contributed by atoms with Crippen LogP contribution in [-0.4, -0.2) is 27.5 Å². The number of ether oxygens (including phenoxy) is 2. The Morgan fingerprint density at radius 3 is 2.73 bits per heavy atom. The summed E-state index contributed by atoms with van der Waals surface area (Å²) in [4.78, 5) is 1.45. The smallest absolute Gasteiger partial charge is 0.203 e. The molecule has 5 rings (SSSR count). The van der Waals surface area contributed by atoms with Gasteiger partial charge in [0.15, 0.2) is 30.1 Å². The minimum Gasteiger partial charge on any atom is -0.485 e. The number of allylic oxidation sites excluding steroid dienone is 1. The second-order valence-electron chi connectivity index (χ2n) is 7.76. The lowest BCUT2D eigenvalue weighted by Crippen LogP contribution is -3.11. The van der Waals surface area contributed by atoms with Gasteiger partial charge in [0.2, 0.25) is 4.77 Å². The zero-order valence-corrected chi connectivity index (χ0v) is 17.6. The highest BCUT2D eigenvalue weighted by Crippen LogP contribution is 2.35. The molecule has 0 saturated heterocycles. The van der Waals surface area contributed by atoms with Crippen LogP contribution in [0.5, 0.6) is 11.5 Å². The van der Waals surface area contributed by atoms with Crippen LogP contribution in [0.25, 0.3) is 0 Å². The highest BCUT2D eigenvalue weighted by atomic mass is 32.1. The summed E-state index contributed by atoms with van der Waals surface area (Å²) in [6.07, 6.45) is 2.61. The van der Waals surface area contributed by atoms with E-state index in [1.165, 1.54) is 16.0 Å². The number of nitrogens with zero attached hydrogens (tertiary/aromatic N) is 3. The fourth-order valence-corrected chi connectivity index (χ4v) is 4.51. The van der Waals surface area contributed by atoms with Crippen molar-refractivity contribution in [3.63, 3.8) is 0 Å². The van der Waals surface area contributed by atoms with Crippen molar-refractivity contribution < 1.29 is 14.4 Å². The Morgan fingerprint density at radius 1 is 1.13 bits per heavy atom. The number of rotatable bonds is 5. The van der Waals surface area contributed by atoms with Gasteiger partial charge in [-0.15, -0.1) is 11.7 Å². The molecule has 0 amide bonds. The van der Waals surface area contributed by atoms with E-state index in [9.17, 15) is 0 Å². The number of fused-ring (bicyclic) bond motifs is 2. The van der Waals surface area contributed by atoms with E-state index >= 15 is 0 Å². The summed E-state index contributed by atoms with van der Waals surface area (Å²) in [7, 11) is 0. The summed E-state index contributed by atoms with van der Waals surface area (Å²) < 4.78 is 16.7. The zero-order valence-electron chi connectivity index (χ0n) is 16.8. The minimum absolute atomic E-state index is 0.306. The maximum atomic E-state index is 6.20. The molecule has 154 valence electrons. The predicted molar refractivity (Wildman–Crippen MR) is 116 cm³/mol. The molecule has 0 spiro atoms. The highest BCUT2D eigenvalue weighted by molar-refractivity contribution is 7.71. The summed E-state index contributed by atoms with van der Waals surface area (Å²) in [5.41, 5.74) is 2.87. The predicted octanol–water partition coefficient (Wildman–Crippen LogP) is 2.71. The Morgan fingerprint density at radius 2 is 1.90 bits per heavy atom. The maximum Gasteiger partial charge on any atom is 0.203 e. The van der Waals surface area contributed by atoms with Gasteiger partial charge in [-0.05, 0) is 29.9 Å². The van der Waals surface area contributed by atoms with Crippen LogP contribution in [0.15, 0.2) is 61.2 Å². The number of para-hydroxylation sites is 2. The highest BCUT2D eigenvalue weighted by Gasteiger charge is 2.29. The molecule has 1 unspecified atom stereocenters. The average Bonchev–Trinajstić information content (AvgIpc) is 3.09. The molecular weight excluding hydrogens is 396 g/mol. The third-order valence-corrected chi connectivity index (χ3v) is 6.17. The van der Waals surface area contributed by atoms with Crippen molar-refractivity contribution in [3.05, 3.63) is 82.9 Å². The molecule has 7 heteroatoms. The van der Waals surface area contributed by atoms with Crippen molar-refractivity contribution in [2.75, 3.05) is 13.2 Å².